The maximum atomic E-state index is 5.48. The number of rotatable bonds is 6. The average Bonchev–Trinajstić information content (AvgIpc) is 3.16. The largest absolute Gasteiger partial charge is 0.496 e. The molecule has 0 amide bonds. The monoisotopic (exact) mass is 261 g/mol. The summed E-state index contributed by atoms with van der Waals surface area (Å²) in [6, 6.07) is 7.30. The fourth-order valence-corrected chi connectivity index (χ4v) is 2.63. The summed E-state index contributed by atoms with van der Waals surface area (Å²) in [6.45, 7) is 9.98. The number of hydrogen-bond donors (Lipinski definition) is 1. The Balaban J connectivity index is 2.23. The molecule has 0 atom stereocenters. The molecule has 19 heavy (non-hydrogen) atoms. The molecule has 0 aromatic heterocycles. The molecule has 2 nitrogen and oxygen atoms in total. The SMILES string of the molecule is COc1ccc(C2(CNC(C)C)CC2)cc1C(C)C. The molecule has 0 aliphatic heterocycles. The highest BCUT2D eigenvalue weighted by Gasteiger charge is 2.44. The summed E-state index contributed by atoms with van der Waals surface area (Å²) >= 11 is 0. The summed E-state index contributed by atoms with van der Waals surface area (Å²) in [5, 5.41) is 3.59. The van der Waals surface area contributed by atoms with Crippen LogP contribution in [0.25, 0.3) is 0 Å². The normalized spacial score (nSPS) is 17.0. The number of benzene rings is 1. The molecule has 0 saturated heterocycles. The highest BCUT2D eigenvalue weighted by atomic mass is 16.5. The number of nitrogens with one attached hydrogen (secondary N) is 1. The van der Waals surface area contributed by atoms with Crippen molar-refractivity contribution in [1.29, 1.82) is 0 Å². The van der Waals surface area contributed by atoms with Gasteiger partial charge in [0.2, 0.25) is 0 Å². The van der Waals surface area contributed by atoms with E-state index in [1.807, 2.05) is 0 Å². The minimum absolute atomic E-state index is 0.375. The summed E-state index contributed by atoms with van der Waals surface area (Å²) < 4.78 is 5.48. The Hall–Kier alpha value is -1.02. The van der Waals surface area contributed by atoms with Crippen molar-refractivity contribution in [2.75, 3.05) is 13.7 Å². The molecule has 2 rings (SSSR count). The van der Waals surface area contributed by atoms with Crippen LogP contribution in [0, 0.1) is 0 Å². The van der Waals surface area contributed by atoms with Gasteiger partial charge in [0, 0.05) is 18.0 Å². The topological polar surface area (TPSA) is 21.3 Å². The Morgan fingerprint density at radius 2 is 1.89 bits per heavy atom. The van der Waals surface area contributed by atoms with Gasteiger partial charge in [-0.2, -0.15) is 0 Å². The van der Waals surface area contributed by atoms with Gasteiger partial charge in [-0.15, -0.1) is 0 Å². The van der Waals surface area contributed by atoms with Crippen molar-refractivity contribution >= 4 is 0 Å². The van der Waals surface area contributed by atoms with Crippen molar-refractivity contribution in [3.63, 3.8) is 0 Å². The van der Waals surface area contributed by atoms with E-state index in [0.717, 1.165) is 12.3 Å². The van der Waals surface area contributed by atoms with Crippen molar-refractivity contribution in [3.8, 4) is 5.75 Å². The first-order valence-corrected chi connectivity index (χ1v) is 7.40. The standard InChI is InChI=1S/C17H27NO/c1-12(2)15-10-14(6-7-16(15)19-5)17(8-9-17)11-18-13(3)4/h6-7,10,12-13,18H,8-9,11H2,1-5H3. The first-order chi connectivity index (χ1) is 8.98. The maximum absolute atomic E-state index is 5.48. The summed E-state index contributed by atoms with van der Waals surface area (Å²) in [5.41, 5.74) is 3.18. The molecule has 1 saturated carbocycles. The lowest BCUT2D eigenvalue weighted by Gasteiger charge is -2.21. The Morgan fingerprint density at radius 1 is 1.21 bits per heavy atom. The number of methoxy groups -OCH3 is 1. The van der Waals surface area contributed by atoms with Crippen molar-refractivity contribution in [2.45, 2.75) is 57.9 Å². The van der Waals surface area contributed by atoms with Crippen LogP contribution in [0.4, 0.5) is 0 Å². The van der Waals surface area contributed by atoms with Crippen LogP contribution in [-0.4, -0.2) is 19.7 Å². The van der Waals surface area contributed by atoms with Crippen LogP contribution in [0.15, 0.2) is 18.2 Å². The van der Waals surface area contributed by atoms with Gasteiger partial charge in [0.25, 0.3) is 0 Å². The van der Waals surface area contributed by atoms with Gasteiger partial charge in [0.05, 0.1) is 7.11 Å². The lowest BCUT2D eigenvalue weighted by Crippen LogP contribution is -2.32. The van der Waals surface area contributed by atoms with Gasteiger partial charge in [-0.3, -0.25) is 0 Å². The fourth-order valence-electron chi connectivity index (χ4n) is 2.63. The smallest absolute Gasteiger partial charge is 0.122 e. The van der Waals surface area contributed by atoms with E-state index < -0.39 is 0 Å². The van der Waals surface area contributed by atoms with E-state index in [4.69, 9.17) is 4.74 Å². The molecule has 0 unspecified atom stereocenters. The fraction of sp³-hybridized carbons (Fsp3) is 0.647. The third-order valence-corrected chi connectivity index (χ3v) is 4.17. The molecule has 1 aliphatic rings. The minimum Gasteiger partial charge on any atom is -0.496 e. The van der Waals surface area contributed by atoms with Crippen LogP contribution in [0.3, 0.4) is 0 Å². The van der Waals surface area contributed by atoms with E-state index in [-0.39, 0.29) is 0 Å². The first-order valence-electron chi connectivity index (χ1n) is 7.40. The summed E-state index contributed by atoms with van der Waals surface area (Å²) in [5.74, 6) is 1.52. The summed E-state index contributed by atoms with van der Waals surface area (Å²) in [6.07, 6.45) is 2.60. The van der Waals surface area contributed by atoms with Gasteiger partial charge in [0.1, 0.15) is 5.75 Å². The Bertz CT molecular complexity index is 433. The third kappa shape index (κ3) is 3.11. The quantitative estimate of drug-likeness (QED) is 0.840. The minimum atomic E-state index is 0.375. The van der Waals surface area contributed by atoms with Crippen LogP contribution in [0.1, 0.15) is 57.6 Å². The van der Waals surface area contributed by atoms with Gasteiger partial charge in [-0.1, -0.05) is 39.8 Å². The zero-order chi connectivity index (χ0) is 14.0. The highest BCUT2D eigenvalue weighted by molar-refractivity contribution is 5.44. The average molecular weight is 261 g/mol. The maximum Gasteiger partial charge on any atom is 0.122 e. The van der Waals surface area contributed by atoms with Crippen LogP contribution >= 0.6 is 0 Å². The van der Waals surface area contributed by atoms with Crippen LogP contribution in [-0.2, 0) is 5.41 Å². The Kier molecular flexibility index (Phi) is 4.19. The number of ether oxygens (including phenoxy) is 1. The molecule has 0 radical (unpaired) electrons. The lowest BCUT2D eigenvalue weighted by atomic mass is 9.90. The molecule has 1 aliphatic carbocycles. The highest BCUT2D eigenvalue weighted by Crippen LogP contribution is 2.49. The van der Waals surface area contributed by atoms with Crippen molar-refractivity contribution < 1.29 is 4.74 Å². The van der Waals surface area contributed by atoms with Gasteiger partial charge < -0.3 is 10.1 Å². The van der Waals surface area contributed by atoms with Crippen LogP contribution in [0.2, 0.25) is 0 Å². The van der Waals surface area contributed by atoms with E-state index in [1.54, 1.807) is 7.11 Å². The second kappa shape index (κ2) is 5.54. The Morgan fingerprint density at radius 3 is 2.37 bits per heavy atom. The van der Waals surface area contributed by atoms with E-state index in [9.17, 15) is 0 Å². The predicted molar refractivity (Wildman–Crippen MR) is 81.1 cm³/mol. The zero-order valence-electron chi connectivity index (χ0n) is 12.9. The van der Waals surface area contributed by atoms with Crippen molar-refractivity contribution in [2.24, 2.45) is 0 Å². The van der Waals surface area contributed by atoms with Gasteiger partial charge in [-0.05, 0) is 36.0 Å². The van der Waals surface area contributed by atoms with Crippen LogP contribution in [0.5, 0.6) is 5.75 Å². The molecule has 2 heteroatoms. The molecule has 0 heterocycles. The van der Waals surface area contributed by atoms with E-state index in [1.165, 1.54) is 24.0 Å². The second-order valence-corrected chi connectivity index (χ2v) is 6.43. The molecule has 1 aromatic rings. The van der Waals surface area contributed by atoms with Crippen LogP contribution < -0.4 is 10.1 Å². The zero-order valence-corrected chi connectivity index (χ0v) is 12.9. The third-order valence-electron chi connectivity index (χ3n) is 4.17. The molecule has 1 aromatic carbocycles. The second-order valence-electron chi connectivity index (χ2n) is 6.43. The van der Waals surface area contributed by atoms with Gasteiger partial charge in [-0.25, -0.2) is 0 Å². The predicted octanol–water partition coefficient (Wildman–Crippen LogP) is 3.85. The molecular formula is C17H27NO. The summed E-state index contributed by atoms with van der Waals surface area (Å²) in [7, 11) is 1.76. The molecule has 106 valence electrons. The molecule has 1 fully saturated rings. The van der Waals surface area contributed by atoms with E-state index in [0.29, 0.717) is 17.4 Å². The van der Waals surface area contributed by atoms with E-state index in [2.05, 4.69) is 51.2 Å². The van der Waals surface area contributed by atoms with Gasteiger partial charge >= 0.3 is 0 Å². The van der Waals surface area contributed by atoms with Crippen molar-refractivity contribution in [1.82, 2.24) is 5.32 Å². The molecule has 0 spiro atoms. The number of hydrogen-bond acceptors (Lipinski definition) is 2. The van der Waals surface area contributed by atoms with Crippen molar-refractivity contribution in [3.05, 3.63) is 29.3 Å². The molecule has 0 bridgehead atoms. The Labute approximate surface area is 117 Å². The first kappa shape index (κ1) is 14.4. The van der Waals surface area contributed by atoms with E-state index >= 15 is 0 Å². The molecule has 1 N–H and O–H groups in total. The summed E-state index contributed by atoms with van der Waals surface area (Å²) in [4.78, 5) is 0. The molecular weight excluding hydrogens is 234 g/mol. The van der Waals surface area contributed by atoms with Gasteiger partial charge in [0.15, 0.2) is 0 Å². The lowest BCUT2D eigenvalue weighted by molar-refractivity contribution is 0.407.